The Morgan fingerprint density at radius 2 is 1.76 bits per heavy atom. The summed E-state index contributed by atoms with van der Waals surface area (Å²) in [4.78, 5) is 54.5. The Hall–Kier alpha value is -2.09. The highest BCUT2D eigenvalue weighted by Gasteiger charge is 2.69. The second-order valence-corrected chi connectivity index (χ2v) is 21.7. The highest BCUT2D eigenvalue weighted by atomic mass is 32.2. The summed E-state index contributed by atoms with van der Waals surface area (Å²) in [6.07, 6.45) is 5.34. The first-order valence-corrected chi connectivity index (χ1v) is 20.6. The van der Waals surface area contributed by atoms with Crippen LogP contribution in [0.15, 0.2) is 12.7 Å². The van der Waals surface area contributed by atoms with E-state index in [1.54, 1.807) is 0 Å². The molecule has 42 heavy (non-hydrogen) atoms. The first-order valence-electron chi connectivity index (χ1n) is 15.3. The summed E-state index contributed by atoms with van der Waals surface area (Å²) in [5.74, 6) is -2.44. The molecule has 1 saturated carbocycles. The van der Waals surface area contributed by atoms with E-state index in [1.807, 2.05) is 0 Å². The number of nitrogens with two attached hydrogens (primary N) is 1. The number of nitrogens with zero attached hydrogens (tertiary/aromatic N) is 2. The maximum atomic E-state index is 13.8. The van der Waals surface area contributed by atoms with Gasteiger partial charge in [-0.1, -0.05) is 65.2 Å². The Balaban J connectivity index is 1.86. The Kier molecular flexibility index (Phi) is 11.2. The van der Waals surface area contributed by atoms with Gasteiger partial charge in [-0.25, -0.2) is 8.42 Å². The fourth-order valence-corrected chi connectivity index (χ4v) is 10.9. The van der Waals surface area contributed by atoms with E-state index < -0.39 is 59.7 Å². The molecule has 3 fully saturated rings. The lowest BCUT2D eigenvalue weighted by atomic mass is 9.98. The predicted molar refractivity (Wildman–Crippen MR) is 166 cm³/mol. The van der Waals surface area contributed by atoms with E-state index >= 15 is 0 Å². The van der Waals surface area contributed by atoms with Crippen LogP contribution in [-0.2, 0) is 29.2 Å². The summed E-state index contributed by atoms with van der Waals surface area (Å²) >= 11 is 0. The van der Waals surface area contributed by atoms with Gasteiger partial charge in [-0.05, 0) is 36.1 Å². The molecule has 1 aliphatic carbocycles. The molecule has 0 aromatic carbocycles. The Labute approximate surface area is 252 Å². The molecule has 5 atom stereocenters. The van der Waals surface area contributed by atoms with Crippen molar-refractivity contribution < 1.29 is 27.6 Å². The number of hydrogen-bond acceptors (Lipinski definition) is 7. The lowest BCUT2D eigenvalue weighted by Gasteiger charge is -2.34. The molecule has 0 radical (unpaired) electrons. The van der Waals surface area contributed by atoms with Crippen molar-refractivity contribution in [1.82, 2.24) is 19.8 Å². The van der Waals surface area contributed by atoms with Gasteiger partial charge in [0.25, 0.3) is 5.91 Å². The molecular formula is C29H51N5O6SSi. The van der Waals surface area contributed by atoms with Crippen LogP contribution in [0.4, 0.5) is 0 Å². The van der Waals surface area contributed by atoms with Crippen LogP contribution in [0.1, 0.15) is 52.4 Å². The number of sulfonamides is 1. The molecule has 3 rings (SSSR count). The van der Waals surface area contributed by atoms with E-state index in [4.69, 9.17) is 5.73 Å². The molecule has 0 aromatic heterocycles. The van der Waals surface area contributed by atoms with Crippen LogP contribution >= 0.6 is 0 Å². The van der Waals surface area contributed by atoms with Gasteiger partial charge in [0.1, 0.15) is 6.04 Å². The summed E-state index contributed by atoms with van der Waals surface area (Å²) in [5.41, 5.74) is 6.24. The topological polar surface area (TPSA) is 159 Å². The number of fused-ring (bicyclic) bond motifs is 3. The third kappa shape index (κ3) is 8.29. The fourth-order valence-electron chi connectivity index (χ4n) is 6.33. The molecule has 13 heteroatoms. The Morgan fingerprint density at radius 3 is 2.40 bits per heavy atom. The number of piperidine rings is 1. The van der Waals surface area contributed by atoms with Crippen LogP contribution in [0, 0.1) is 17.3 Å². The quantitative estimate of drug-likeness (QED) is 0.209. The SMILES string of the molecule is C=CCNC(=O)C(=O)[C@@H]1CCCCCCCN(S(=O)(=O)CC[Si](C)(C)C)C[C@H](N)C(=O)N2C[C@H]3[C@@H]([C@H]2C(=O)N1)C3(C)C. The van der Waals surface area contributed by atoms with Crippen molar-refractivity contribution in [2.45, 2.75) is 96.2 Å². The predicted octanol–water partition coefficient (Wildman–Crippen LogP) is 1.48. The number of Topliss-reactive ketones (excluding diaryl/α,β-unsaturated/α-hetero) is 1. The number of carbonyl (C=O) groups is 4. The zero-order chi connectivity index (χ0) is 31.5. The Morgan fingerprint density at radius 1 is 1.12 bits per heavy atom. The van der Waals surface area contributed by atoms with Crippen molar-refractivity contribution >= 4 is 41.6 Å². The molecule has 3 amide bonds. The summed E-state index contributed by atoms with van der Waals surface area (Å²) < 4.78 is 28.2. The van der Waals surface area contributed by atoms with Crippen molar-refractivity contribution in [1.29, 1.82) is 0 Å². The highest BCUT2D eigenvalue weighted by molar-refractivity contribution is 7.89. The smallest absolute Gasteiger partial charge is 0.289 e. The van der Waals surface area contributed by atoms with Gasteiger partial charge in [0.15, 0.2) is 0 Å². The second-order valence-electron chi connectivity index (χ2n) is 14.0. The lowest BCUT2D eigenvalue weighted by Crippen LogP contribution is -2.59. The van der Waals surface area contributed by atoms with Gasteiger partial charge >= 0.3 is 0 Å². The van der Waals surface area contributed by atoms with E-state index in [0.717, 1.165) is 19.3 Å². The van der Waals surface area contributed by atoms with Crippen LogP contribution in [-0.4, -0.2) is 99.3 Å². The van der Waals surface area contributed by atoms with Crippen LogP contribution in [0.5, 0.6) is 0 Å². The van der Waals surface area contributed by atoms with Gasteiger partial charge in [-0.15, -0.1) is 6.58 Å². The highest BCUT2D eigenvalue weighted by Crippen LogP contribution is 2.64. The van der Waals surface area contributed by atoms with E-state index in [-0.39, 0.29) is 42.6 Å². The summed E-state index contributed by atoms with van der Waals surface area (Å²) in [6, 6.07) is -2.36. The number of hydrogen-bond donors (Lipinski definition) is 3. The normalized spacial score (nSPS) is 29.7. The molecule has 4 N–H and O–H groups in total. The maximum Gasteiger partial charge on any atom is 0.289 e. The van der Waals surface area contributed by atoms with Gasteiger partial charge in [0.2, 0.25) is 27.6 Å². The van der Waals surface area contributed by atoms with E-state index in [2.05, 4.69) is 50.7 Å². The maximum absolute atomic E-state index is 13.8. The molecule has 238 valence electrons. The van der Waals surface area contributed by atoms with Gasteiger partial charge in [-0.2, -0.15) is 4.31 Å². The van der Waals surface area contributed by atoms with Crippen molar-refractivity contribution in [3.8, 4) is 0 Å². The van der Waals surface area contributed by atoms with Gasteiger partial charge < -0.3 is 21.3 Å². The van der Waals surface area contributed by atoms with E-state index in [0.29, 0.717) is 31.9 Å². The minimum absolute atomic E-state index is 0.0342. The molecule has 11 nitrogen and oxygen atoms in total. The molecule has 2 heterocycles. The standard InChI is InChI=1S/C29H51N5O6SSi/c1-7-14-31-27(37)25(35)22-13-11-9-8-10-12-15-33(41(39,40)16-17-42(4,5)6)19-21(30)28(38)34-18-20-23(29(20,2)3)24(34)26(36)32-22/h7,20-24H,1,8-19,30H2,2-6H3,(H,31,37)(H,32,36)/t20-,21-,22-,23-,24-/m0/s1. The van der Waals surface area contributed by atoms with Crippen LogP contribution < -0.4 is 16.4 Å². The molecule has 0 bridgehead atoms. The first-order chi connectivity index (χ1) is 19.5. The van der Waals surface area contributed by atoms with E-state index in [1.165, 1.54) is 15.3 Å². The van der Waals surface area contributed by atoms with Crippen molar-refractivity contribution in [2.24, 2.45) is 23.0 Å². The zero-order valence-corrected chi connectivity index (χ0v) is 27.8. The zero-order valence-electron chi connectivity index (χ0n) is 26.0. The molecular weight excluding hydrogens is 575 g/mol. The lowest BCUT2D eigenvalue weighted by molar-refractivity contribution is -0.143. The number of amides is 3. The van der Waals surface area contributed by atoms with Gasteiger partial charge in [0, 0.05) is 34.3 Å². The van der Waals surface area contributed by atoms with Crippen molar-refractivity contribution in [3.05, 3.63) is 12.7 Å². The largest absolute Gasteiger partial charge is 0.346 e. The number of nitrogens with one attached hydrogen (secondary N) is 2. The summed E-state index contributed by atoms with van der Waals surface area (Å²) in [6.45, 7) is 14.7. The number of carbonyl (C=O) groups excluding carboxylic acids is 4. The molecule has 2 aliphatic heterocycles. The molecule has 0 aromatic rings. The second kappa shape index (κ2) is 13.7. The van der Waals surface area contributed by atoms with E-state index in [9.17, 15) is 27.6 Å². The average molecular weight is 626 g/mol. The van der Waals surface area contributed by atoms with Gasteiger partial charge in [-0.3, -0.25) is 19.2 Å². The molecule has 3 aliphatic rings. The third-order valence-electron chi connectivity index (χ3n) is 9.15. The van der Waals surface area contributed by atoms with Crippen LogP contribution in [0.2, 0.25) is 25.7 Å². The summed E-state index contributed by atoms with van der Waals surface area (Å²) in [7, 11) is -5.24. The molecule has 0 spiro atoms. The van der Waals surface area contributed by atoms with Crippen molar-refractivity contribution in [3.63, 3.8) is 0 Å². The van der Waals surface area contributed by atoms with Crippen LogP contribution in [0.25, 0.3) is 0 Å². The molecule has 0 unspecified atom stereocenters. The fraction of sp³-hybridized carbons (Fsp3) is 0.793. The third-order valence-corrected chi connectivity index (χ3v) is 13.1. The minimum atomic E-state index is -3.62. The number of rotatable bonds is 8. The molecule has 2 saturated heterocycles. The average Bonchev–Trinajstić information content (AvgIpc) is 3.23. The minimum Gasteiger partial charge on any atom is -0.346 e. The number of ketones is 1. The van der Waals surface area contributed by atoms with Crippen molar-refractivity contribution in [2.75, 3.05) is 31.9 Å². The Bertz CT molecular complexity index is 1150. The van der Waals surface area contributed by atoms with Crippen LogP contribution in [0.3, 0.4) is 0 Å². The summed E-state index contributed by atoms with van der Waals surface area (Å²) in [5, 5.41) is 5.31. The van der Waals surface area contributed by atoms with Gasteiger partial charge in [0.05, 0.1) is 17.8 Å². The first kappa shape index (κ1) is 34.4. The monoisotopic (exact) mass is 625 g/mol.